The first-order valence-corrected chi connectivity index (χ1v) is 19.2. The lowest BCUT2D eigenvalue weighted by Crippen LogP contribution is -2.41. The Morgan fingerprint density at radius 3 is 1.30 bits per heavy atom. The van der Waals surface area contributed by atoms with E-state index in [0.717, 1.165) is 51.4 Å². The number of carboxylic acid groups (broad SMARTS) is 2. The summed E-state index contributed by atoms with van der Waals surface area (Å²) in [4.78, 5) is 57.3. The average molecular weight is 716 g/mol. The molecule has 0 spiro atoms. The number of amides is 3. The standard InChI is InChI=1S/C37H69N3O10/c1-32(41)38-24-18-26-48-28-30-50-31-29-49-27-19-25-39-34(42)23-22-33(37(46)47)40-35(43)20-16-14-12-10-8-6-4-2-3-5-7-9-11-13-15-17-21-36(44)45/h33H,2-31H2,1H3,(H,38,41)(H,39,42)(H,40,43)(H,44,45)(H,46,47)/t33-/m0/s1. The molecular formula is C37H69N3O10. The van der Waals surface area contributed by atoms with Gasteiger partial charge in [-0.05, 0) is 32.1 Å². The van der Waals surface area contributed by atoms with Gasteiger partial charge in [-0.15, -0.1) is 0 Å². The molecule has 0 rings (SSSR count). The van der Waals surface area contributed by atoms with E-state index in [-0.39, 0.29) is 37.0 Å². The van der Waals surface area contributed by atoms with Crippen LogP contribution in [-0.2, 0) is 38.2 Å². The number of rotatable bonds is 38. The third-order valence-corrected chi connectivity index (χ3v) is 8.21. The van der Waals surface area contributed by atoms with Crippen molar-refractivity contribution in [2.24, 2.45) is 0 Å². The summed E-state index contributed by atoms with van der Waals surface area (Å²) in [5, 5.41) is 26.1. The molecule has 292 valence electrons. The third kappa shape index (κ3) is 36.5. The molecule has 0 unspecified atom stereocenters. The quantitative estimate of drug-likeness (QED) is 0.0509. The van der Waals surface area contributed by atoms with Gasteiger partial charge in [0.2, 0.25) is 17.7 Å². The molecule has 0 heterocycles. The highest BCUT2D eigenvalue weighted by molar-refractivity contribution is 5.84. The van der Waals surface area contributed by atoms with Crippen LogP contribution in [0.15, 0.2) is 0 Å². The van der Waals surface area contributed by atoms with Crippen LogP contribution in [0.25, 0.3) is 0 Å². The summed E-state index contributed by atoms with van der Waals surface area (Å²) in [5.74, 6) is -2.43. The monoisotopic (exact) mass is 715 g/mol. The molecule has 5 N–H and O–H groups in total. The minimum absolute atomic E-state index is 0.0127. The van der Waals surface area contributed by atoms with Crippen LogP contribution in [0.2, 0.25) is 0 Å². The molecule has 13 nitrogen and oxygen atoms in total. The zero-order valence-electron chi connectivity index (χ0n) is 31.0. The van der Waals surface area contributed by atoms with Crippen molar-refractivity contribution in [2.75, 3.05) is 52.7 Å². The number of carbonyl (C=O) groups is 5. The van der Waals surface area contributed by atoms with Crippen LogP contribution < -0.4 is 16.0 Å². The van der Waals surface area contributed by atoms with E-state index in [4.69, 9.17) is 19.3 Å². The number of ether oxygens (including phenoxy) is 3. The third-order valence-electron chi connectivity index (χ3n) is 8.21. The number of hydrogen-bond acceptors (Lipinski definition) is 8. The van der Waals surface area contributed by atoms with E-state index in [0.29, 0.717) is 65.6 Å². The largest absolute Gasteiger partial charge is 0.481 e. The summed E-state index contributed by atoms with van der Waals surface area (Å²) in [6, 6.07) is -1.08. The Balaban J connectivity index is 3.59. The summed E-state index contributed by atoms with van der Waals surface area (Å²) >= 11 is 0. The lowest BCUT2D eigenvalue weighted by Gasteiger charge is -2.14. The van der Waals surface area contributed by atoms with E-state index in [1.165, 1.54) is 64.7 Å². The van der Waals surface area contributed by atoms with Crippen LogP contribution in [0.5, 0.6) is 0 Å². The molecule has 0 aliphatic heterocycles. The SMILES string of the molecule is CC(=O)NCCCOCCOCCOCCCNC(=O)CC[C@H](NC(=O)CCCCCCCCCCCCCCCCCCC(=O)O)C(=O)O. The smallest absolute Gasteiger partial charge is 0.326 e. The Bertz CT molecular complexity index is 874. The van der Waals surface area contributed by atoms with Gasteiger partial charge in [0.25, 0.3) is 0 Å². The fraction of sp³-hybridized carbons (Fsp3) is 0.865. The Kier molecular flexibility index (Phi) is 34.0. The van der Waals surface area contributed by atoms with Gasteiger partial charge in [0.05, 0.1) is 26.4 Å². The molecule has 0 aromatic heterocycles. The normalized spacial score (nSPS) is 11.6. The van der Waals surface area contributed by atoms with Gasteiger partial charge < -0.3 is 40.4 Å². The van der Waals surface area contributed by atoms with Gasteiger partial charge in [-0.2, -0.15) is 0 Å². The maximum absolute atomic E-state index is 12.3. The molecule has 0 aliphatic rings. The molecule has 50 heavy (non-hydrogen) atoms. The molecule has 0 bridgehead atoms. The molecule has 0 aliphatic carbocycles. The minimum Gasteiger partial charge on any atom is -0.481 e. The second-order valence-corrected chi connectivity index (χ2v) is 12.9. The molecule has 0 aromatic carbocycles. The van der Waals surface area contributed by atoms with Crippen molar-refractivity contribution >= 4 is 29.7 Å². The molecule has 0 fully saturated rings. The van der Waals surface area contributed by atoms with Crippen LogP contribution in [0.3, 0.4) is 0 Å². The van der Waals surface area contributed by atoms with E-state index < -0.39 is 18.0 Å². The molecule has 0 radical (unpaired) electrons. The van der Waals surface area contributed by atoms with Gasteiger partial charge in [-0.3, -0.25) is 19.2 Å². The first kappa shape index (κ1) is 47.2. The lowest BCUT2D eigenvalue weighted by molar-refractivity contribution is -0.142. The van der Waals surface area contributed by atoms with Crippen molar-refractivity contribution in [1.29, 1.82) is 0 Å². The molecule has 0 saturated carbocycles. The number of unbranched alkanes of at least 4 members (excludes halogenated alkanes) is 15. The second-order valence-electron chi connectivity index (χ2n) is 12.9. The predicted molar refractivity (Wildman–Crippen MR) is 193 cm³/mol. The highest BCUT2D eigenvalue weighted by Gasteiger charge is 2.20. The highest BCUT2D eigenvalue weighted by Crippen LogP contribution is 2.14. The Hall–Kier alpha value is -2.77. The number of hydrogen-bond donors (Lipinski definition) is 5. The first-order chi connectivity index (χ1) is 24.2. The number of aliphatic carboxylic acids is 2. The maximum Gasteiger partial charge on any atom is 0.326 e. The molecule has 0 saturated heterocycles. The van der Waals surface area contributed by atoms with Gasteiger partial charge in [-0.1, -0.05) is 89.9 Å². The van der Waals surface area contributed by atoms with Crippen molar-refractivity contribution in [3.63, 3.8) is 0 Å². The average Bonchev–Trinajstić information content (AvgIpc) is 3.07. The van der Waals surface area contributed by atoms with Gasteiger partial charge in [0, 0.05) is 52.5 Å². The lowest BCUT2D eigenvalue weighted by atomic mass is 10.0. The summed E-state index contributed by atoms with van der Waals surface area (Å²) < 4.78 is 16.3. The highest BCUT2D eigenvalue weighted by atomic mass is 16.5. The van der Waals surface area contributed by atoms with E-state index >= 15 is 0 Å². The van der Waals surface area contributed by atoms with Gasteiger partial charge in [-0.25, -0.2) is 4.79 Å². The van der Waals surface area contributed by atoms with Crippen LogP contribution in [-0.4, -0.2) is 98.6 Å². The fourth-order valence-electron chi connectivity index (χ4n) is 5.31. The van der Waals surface area contributed by atoms with Gasteiger partial charge >= 0.3 is 11.9 Å². The van der Waals surface area contributed by atoms with E-state index in [1.807, 2.05) is 0 Å². The Morgan fingerprint density at radius 2 is 0.880 bits per heavy atom. The van der Waals surface area contributed by atoms with Gasteiger partial charge in [0.15, 0.2) is 0 Å². The van der Waals surface area contributed by atoms with Gasteiger partial charge in [0.1, 0.15) is 6.04 Å². The van der Waals surface area contributed by atoms with E-state index in [2.05, 4.69) is 16.0 Å². The fourth-order valence-corrected chi connectivity index (χ4v) is 5.31. The number of carbonyl (C=O) groups excluding carboxylic acids is 3. The van der Waals surface area contributed by atoms with Crippen LogP contribution in [0, 0.1) is 0 Å². The molecule has 1 atom stereocenters. The molecule has 3 amide bonds. The Morgan fingerprint density at radius 1 is 0.480 bits per heavy atom. The number of nitrogens with one attached hydrogen (secondary N) is 3. The van der Waals surface area contributed by atoms with Crippen molar-refractivity contribution < 1.29 is 48.4 Å². The van der Waals surface area contributed by atoms with Crippen LogP contribution in [0.1, 0.15) is 148 Å². The van der Waals surface area contributed by atoms with Crippen molar-refractivity contribution in [3.05, 3.63) is 0 Å². The molecular weight excluding hydrogens is 646 g/mol. The van der Waals surface area contributed by atoms with E-state index in [9.17, 15) is 29.1 Å². The zero-order valence-corrected chi connectivity index (χ0v) is 31.0. The van der Waals surface area contributed by atoms with Crippen molar-refractivity contribution in [2.45, 2.75) is 154 Å². The summed E-state index contributed by atoms with van der Waals surface area (Å²) in [5.41, 5.74) is 0. The Labute approximate surface area is 300 Å². The summed E-state index contributed by atoms with van der Waals surface area (Å²) in [6.45, 7) is 5.32. The topological polar surface area (TPSA) is 190 Å². The maximum atomic E-state index is 12.3. The van der Waals surface area contributed by atoms with Crippen molar-refractivity contribution in [1.82, 2.24) is 16.0 Å². The van der Waals surface area contributed by atoms with E-state index in [1.54, 1.807) is 0 Å². The zero-order chi connectivity index (χ0) is 36.9. The van der Waals surface area contributed by atoms with Crippen LogP contribution in [0.4, 0.5) is 0 Å². The second kappa shape index (κ2) is 36.0. The summed E-state index contributed by atoms with van der Waals surface area (Å²) in [7, 11) is 0. The van der Waals surface area contributed by atoms with Crippen LogP contribution >= 0.6 is 0 Å². The minimum atomic E-state index is -1.14. The molecule has 0 aromatic rings. The predicted octanol–water partition coefficient (Wildman–Crippen LogP) is 5.52. The molecule has 13 heteroatoms. The number of carboxylic acids is 2. The summed E-state index contributed by atoms with van der Waals surface area (Å²) in [6.07, 6.45) is 20.1. The van der Waals surface area contributed by atoms with Crippen molar-refractivity contribution in [3.8, 4) is 0 Å². The first-order valence-electron chi connectivity index (χ1n) is 19.2.